The number of nitro benzene ring substituents is 1. The standard InChI is InChI=1S/C17H20N2O4S/c1-4-16(14-8-5-12(2)6-9-14)18-24(22,23)15-10-7-13(3)17(11-15)19(20)21/h5-11,16,18H,4H2,1-3H3/t16-/m0/s1. The third-order valence-electron chi connectivity index (χ3n) is 3.87. The van der Waals surface area contributed by atoms with Crippen LogP contribution in [0.3, 0.4) is 0 Å². The van der Waals surface area contributed by atoms with Gasteiger partial charge in [0.2, 0.25) is 10.0 Å². The van der Waals surface area contributed by atoms with Crippen LogP contribution >= 0.6 is 0 Å². The monoisotopic (exact) mass is 348 g/mol. The highest BCUT2D eigenvalue weighted by Gasteiger charge is 2.23. The molecule has 0 aliphatic heterocycles. The van der Waals surface area contributed by atoms with Gasteiger partial charge in [0.1, 0.15) is 0 Å². The normalized spacial score (nSPS) is 12.8. The molecule has 0 aliphatic rings. The molecule has 0 fully saturated rings. The molecule has 0 aliphatic carbocycles. The molecule has 2 aromatic rings. The Morgan fingerprint density at radius 2 is 1.75 bits per heavy atom. The molecule has 6 nitrogen and oxygen atoms in total. The quantitative estimate of drug-likeness (QED) is 0.637. The Morgan fingerprint density at radius 3 is 2.29 bits per heavy atom. The largest absolute Gasteiger partial charge is 0.273 e. The summed E-state index contributed by atoms with van der Waals surface area (Å²) in [6.07, 6.45) is 0.566. The Bertz CT molecular complexity index is 845. The summed E-state index contributed by atoms with van der Waals surface area (Å²) in [6.45, 7) is 5.41. The van der Waals surface area contributed by atoms with Crippen molar-refractivity contribution < 1.29 is 13.3 Å². The van der Waals surface area contributed by atoms with Crippen molar-refractivity contribution in [2.75, 3.05) is 0 Å². The second kappa shape index (κ2) is 7.11. The molecule has 0 saturated carbocycles. The summed E-state index contributed by atoms with van der Waals surface area (Å²) >= 11 is 0. The van der Waals surface area contributed by atoms with E-state index in [0.717, 1.165) is 17.2 Å². The van der Waals surface area contributed by atoms with Gasteiger partial charge in [0.15, 0.2) is 0 Å². The van der Waals surface area contributed by atoms with Crippen molar-refractivity contribution in [1.29, 1.82) is 0 Å². The lowest BCUT2D eigenvalue weighted by Crippen LogP contribution is -2.28. The number of rotatable bonds is 6. The molecule has 2 rings (SSSR count). The molecule has 2 aromatic carbocycles. The van der Waals surface area contributed by atoms with E-state index in [4.69, 9.17) is 0 Å². The van der Waals surface area contributed by atoms with E-state index in [2.05, 4.69) is 4.72 Å². The Labute approximate surface area is 141 Å². The third kappa shape index (κ3) is 3.98. The van der Waals surface area contributed by atoms with Gasteiger partial charge in [-0.25, -0.2) is 13.1 Å². The minimum absolute atomic E-state index is 0.106. The Kier molecular flexibility index (Phi) is 5.36. The molecule has 0 spiro atoms. The zero-order valence-electron chi connectivity index (χ0n) is 13.8. The molecule has 7 heteroatoms. The topological polar surface area (TPSA) is 89.3 Å². The summed E-state index contributed by atoms with van der Waals surface area (Å²) < 4.78 is 27.8. The van der Waals surface area contributed by atoms with E-state index in [1.165, 1.54) is 12.1 Å². The van der Waals surface area contributed by atoms with Crippen molar-refractivity contribution in [2.24, 2.45) is 0 Å². The predicted molar refractivity (Wildman–Crippen MR) is 92.4 cm³/mol. The van der Waals surface area contributed by atoms with Crippen LogP contribution in [0.2, 0.25) is 0 Å². The number of nitro groups is 1. The lowest BCUT2D eigenvalue weighted by molar-refractivity contribution is -0.385. The summed E-state index contributed by atoms with van der Waals surface area (Å²) in [6, 6.07) is 11.1. The van der Waals surface area contributed by atoms with Crippen molar-refractivity contribution in [3.8, 4) is 0 Å². The number of hydrogen-bond acceptors (Lipinski definition) is 4. The Morgan fingerprint density at radius 1 is 1.12 bits per heavy atom. The summed E-state index contributed by atoms with van der Waals surface area (Å²) in [5, 5.41) is 11.0. The van der Waals surface area contributed by atoms with Crippen molar-refractivity contribution in [3.05, 3.63) is 69.3 Å². The number of benzene rings is 2. The van der Waals surface area contributed by atoms with Crippen molar-refractivity contribution in [1.82, 2.24) is 4.72 Å². The maximum Gasteiger partial charge on any atom is 0.273 e. The minimum atomic E-state index is -3.86. The molecule has 128 valence electrons. The maximum absolute atomic E-state index is 12.6. The first-order valence-electron chi connectivity index (χ1n) is 7.58. The second-order valence-electron chi connectivity index (χ2n) is 5.70. The summed E-state index contributed by atoms with van der Waals surface area (Å²) in [5.41, 5.74) is 2.16. The van der Waals surface area contributed by atoms with Crippen molar-refractivity contribution in [2.45, 2.75) is 38.1 Å². The van der Waals surface area contributed by atoms with Gasteiger partial charge in [-0.1, -0.05) is 42.8 Å². The smallest absolute Gasteiger partial charge is 0.258 e. The highest BCUT2D eigenvalue weighted by atomic mass is 32.2. The molecule has 0 saturated heterocycles. The first kappa shape index (κ1) is 18.1. The number of sulfonamides is 1. The van der Waals surface area contributed by atoms with Gasteiger partial charge in [0, 0.05) is 17.7 Å². The number of aryl methyl sites for hydroxylation is 2. The fraction of sp³-hybridized carbons (Fsp3) is 0.294. The van der Waals surface area contributed by atoms with Gasteiger partial charge in [-0.3, -0.25) is 10.1 Å². The summed E-state index contributed by atoms with van der Waals surface area (Å²) in [5.74, 6) is 0. The van der Waals surface area contributed by atoms with Crippen molar-refractivity contribution in [3.63, 3.8) is 0 Å². The number of hydrogen-bond donors (Lipinski definition) is 1. The van der Waals surface area contributed by atoms with Crippen LogP contribution in [0.15, 0.2) is 47.4 Å². The number of nitrogens with zero attached hydrogens (tertiary/aromatic N) is 1. The predicted octanol–water partition coefficient (Wildman–Crippen LogP) is 3.64. The van der Waals surface area contributed by atoms with Crippen LogP contribution in [0.25, 0.3) is 0 Å². The van der Waals surface area contributed by atoms with Crippen LogP contribution < -0.4 is 4.72 Å². The highest BCUT2D eigenvalue weighted by Crippen LogP contribution is 2.25. The lowest BCUT2D eigenvalue weighted by Gasteiger charge is -2.18. The molecular weight excluding hydrogens is 328 g/mol. The molecule has 1 atom stereocenters. The van der Waals surface area contributed by atoms with Crippen LogP contribution in [0.4, 0.5) is 5.69 Å². The van der Waals surface area contributed by atoms with Crippen LogP contribution in [0, 0.1) is 24.0 Å². The van der Waals surface area contributed by atoms with Gasteiger partial charge in [-0.2, -0.15) is 0 Å². The highest BCUT2D eigenvalue weighted by molar-refractivity contribution is 7.89. The average Bonchev–Trinajstić information content (AvgIpc) is 2.53. The summed E-state index contributed by atoms with van der Waals surface area (Å²) in [7, 11) is -3.86. The van der Waals surface area contributed by atoms with E-state index in [-0.39, 0.29) is 10.6 Å². The van der Waals surface area contributed by atoms with Gasteiger partial charge >= 0.3 is 0 Å². The second-order valence-corrected chi connectivity index (χ2v) is 7.41. The lowest BCUT2D eigenvalue weighted by atomic mass is 10.0. The first-order valence-corrected chi connectivity index (χ1v) is 9.07. The van der Waals surface area contributed by atoms with Crippen LogP contribution in [-0.2, 0) is 10.0 Å². The van der Waals surface area contributed by atoms with Gasteiger partial charge < -0.3 is 0 Å². The fourth-order valence-electron chi connectivity index (χ4n) is 2.39. The molecule has 0 amide bonds. The average molecular weight is 348 g/mol. The Hall–Kier alpha value is -2.25. The Balaban J connectivity index is 2.34. The van der Waals surface area contributed by atoms with E-state index < -0.39 is 21.0 Å². The van der Waals surface area contributed by atoms with Gasteiger partial charge in [0.25, 0.3) is 5.69 Å². The van der Waals surface area contributed by atoms with E-state index in [0.29, 0.717) is 12.0 Å². The van der Waals surface area contributed by atoms with E-state index in [1.807, 2.05) is 38.1 Å². The zero-order chi connectivity index (χ0) is 17.9. The van der Waals surface area contributed by atoms with E-state index in [9.17, 15) is 18.5 Å². The number of nitrogens with one attached hydrogen (secondary N) is 1. The zero-order valence-corrected chi connectivity index (χ0v) is 14.6. The van der Waals surface area contributed by atoms with E-state index >= 15 is 0 Å². The van der Waals surface area contributed by atoms with Gasteiger partial charge in [-0.05, 0) is 31.9 Å². The molecule has 0 heterocycles. The van der Waals surface area contributed by atoms with Gasteiger partial charge in [-0.15, -0.1) is 0 Å². The molecule has 1 N–H and O–H groups in total. The molecule has 0 bridgehead atoms. The molecule has 0 radical (unpaired) electrons. The van der Waals surface area contributed by atoms with Crippen LogP contribution in [-0.4, -0.2) is 13.3 Å². The van der Waals surface area contributed by atoms with Crippen LogP contribution in [0.5, 0.6) is 0 Å². The SMILES string of the molecule is CC[C@H](NS(=O)(=O)c1ccc(C)c([N+](=O)[O-])c1)c1ccc(C)cc1. The maximum atomic E-state index is 12.6. The van der Waals surface area contributed by atoms with Crippen LogP contribution in [0.1, 0.15) is 36.1 Å². The molecule has 0 aromatic heterocycles. The fourth-order valence-corrected chi connectivity index (χ4v) is 3.72. The summed E-state index contributed by atoms with van der Waals surface area (Å²) in [4.78, 5) is 10.3. The molecule has 0 unspecified atom stereocenters. The minimum Gasteiger partial charge on any atom is -0.258 e. The third-order valence-corrected chi connectivity index (χ3v) is 5.34. The first-order chi connectivity index (χ1) is 11.2. The van der Waals surface area contributed by atoms with Gasteiger partial charge in [0.05, 0.1) is 9.82 Å². The van der Waals surface area contributed by atoms with E-state index in [1.54, 1.807) is 6.92 Å². The molecular formula is C17H20N2O4S. The van der Waals surface area contributed by atoms with Crippen molar-refractivity contribution >= 4 is 15.7 Å². The molecule has 24 heavy (non-hydrogen) atoms.